The maximum atomic E-state index is 13.2. The molecule has 0 saturated carbocycles. The first-order chi connectivity index (χ1) is 8.69. The summed E-state index contributed by atoms with van der Waals surface area (Å²) in [5, 5.41) is 12.7. The summed E-state index contributed by atoms with van der Waals surface area (Å²) in [6.07, 6.45) is 0. The van der Waals surface area contributed by atoms with Gasteiger partial charge in [-0.05, 0) is 51.7 Å². The molecule has 19 heavy (non-hydrogen) atoms. The van der Waals surface area contributed by atoms with Gasteiger partial charge in [0.2, 0.25) is 0 Å². The highest BCUT2D eigenvalue weighted by atomic mass is 19.1. The second-order valence-corrected chi connectivity index (χ2v) is 5.43. The predicted octanol–water partition coefficient (Wildman–Crippen LogP) is 1.18. The van der Waals surface area contributed by atoms with Gasteiger partial charge in [0, 0.05) is 18.7 Å². The van der Waals surface area contributed by atoms with E-state index < -0.39 is 11.4 Å². The van der Waals surface area contributed by atoms with Gasteiger partial charge >= 0.3 is 0 Å². The van der Waals surface area contributed by atoms with E-state index in [0.717, 1.165) is 0 Å². The average molecular weight is 268 g/mol. The Morgan fingerprint density at radius 1 is 1.42 bits per heavy atom. The van der Waals surface area contributed by atoms with Crippen LogP contribution >= 0.6 is 0 Å². The molecule has 0 aromatic heterocycles. The fourth-order valence-corrected chi connectivity index (χ4v) is 1.98. The van der Waals surface area contributed by atoms with Crippen LogP contribution in [-0.2, 0) is 0 Å². The number of rotatable bonds is 5. The normalized spacial score (nSPS) is 14.3. The first kappa shape index (κ1) is 15.6. The smallest absolute Gasteiger partial charge is 0.251 e. The molecule has 1 rings (SSSR count). The van der Waals surface area contributed by atoms with E-state index in [1.54, 1.807) is 19.9 Å². The lowest BCUT2D eigenvalue weighted by Gasteiger charge is -2.27. The maximum Gasteiger partial charge on any atom is 0.251 e. The largest absolute Gasteiger partial charge is 0.387 e. The lowest BCUT2D eigenvalue weighted by atomic mass is 10.1. The summed E-state index contributed by atoms with van der Waals surface area (Å²) in [4.78, 5) is 13.7. The topological polar surface area (TPSA) is 52.6 Å². The Labute approximate surface area is 113 Å². The van der Waals surface area contributed by atoms with E-state index in [9.17, 15) is 14.3 Å². The molecule has 0 bridgehead atoms. The summed E-state index contributed by atoms with van der Waals surface area (Å²) in [6.45, 7) is 3.90. The van der Waals surface area contributed by atoms with Gasteiger partial charge in [-0.2, -0.15) is 0 Å². The number of nitrogens with zero attached hydrogens (tertiary/aromatic N) is 1. The van der Waals surface area contributed by atoms with Crippen molar-refractivity contribution < 1.29 is 14.3 Å². The van der Waals surface area contributed by atoms with Gasteiger partial charge in [-0.3, -0.25) is 4.79 Å². The summed E-state index contributed by atoms with van der Waals surface area (Å²) < 4.78 is 13.2. The molecule has 5 heteroatoms. The quantitative estimate of drug-likeness (QED) is 0.843. The Bertz CT molecular complexity index is 439. The molecule has 1 atom stereocenters. The molecule has 0 heterocycles. The molecule has 0 fully saturated rings. The minimum atomic E-state index is -1.03. The van der Waals surface area contributed by atoms with Gasteiger partial charge in [-0.25, -0.2) is 4.39 Å². The zero-order chi connectivity index (χ0) is 14.6. The molecular formula is C14H21FN2O2. The predicted molar refractivity (Wildman–Crippen MR) is 72.6 cm³/mol. The van der Waals surface area contributed by atoms with Crippen molar-refractivity contribution in [2.45, 2.75) is 19.4 Å². The third-order valence-corrected chi connectivity index (χ3v) is 2.59. The Kier molecular flexibility index (Phi) is 5.03. The van der Waals surface area contributed by atoms with Crippen molar-refractivity contribution in [3.63, 3.8) is 0 Å². The van der Waals surface area contributed by atoms with Gasteiger partial charge in [0.15, 0.2) is 0 Å². The number of benzene rings is 1. The van der Waals surface area contributed by atoms with E-state index in [4.69, 9.17) is 0 Å². The Morgan fingerprint density at radius 2 is 2.05 bits per heavy atom. The van der Waals surface area contributed by atoms with Crippen molar-refractivity contribution in [3.05, 3.63) is 35.1 Å². The van der Waals surface area contributed by atoms with Crippen LogP contribution < -0.4 is 5.32 Å². The zero-order valence-electron chi connectivity index (χ0n) is 11.8. The third-order valence-electron chi connectivity index (χ3n) is 2.59. The van der Waals surface area contributed by atoms with E-state index in [1.807, 2.05) is 19.0 Å². The van der Waals surface area contributed by atoms with Gasteiger partial charge in [0.1, 0.15) is 5.82 Å². The minimum absolute atomic E-state index is 0.111. The summed E-state index contributed by atoms with van der Waals surface area (Å²) in [5.41, 5.74) is -0.0787. The highest BCUT2D eigenvalue weighted by Crippen LogP contribution is 2.09. The van der Waals surface area contributed by atoms with Crippen LogP contribution in [0.4, 0.5) is 4.39 Å². The summed E-state index contributed by atoms with van der Waals surface area (Å²) in [7, 11) is 3.68. The molecule has 0 saturated heterocycles. The molecule has 0 aliphatic rings. The molecular weight excluding hydrogens is 247 g/mol. The number of likely N-dealkylation sites (N-methyl/N-ethyl adjacent to an activating group) is 1. The fourth-order valence-electron chi connectivity index (χ4n) is 1.98. The fraction of sp³-hybridized carbons (Fsp3) is 0.500. The molecule has 0 aliphatic heterocycles. The number of carbonyl (C=O) groups excluding carboxylic acids is 1. The average Bonchev–Trinajstić information content (AvgIpc) is 2.22. The van der Waals surface area contributed by atoms with Gasteiger partial charge < -0.3 is 15.3 Å². The van der Waals surface area contributed by atoms with Crippen molar-refractivity contribution >= 4 is 5.91 Å². The van der Waals surface area contributed by atoms with E-state index in [-0.39, 0.29) is 18.0 Å². The van der Waals surface area contributed by atoms with Crippen LogP contribution in [0.5, 0.6) is 0 Å². The number of aryl methyl sites for hydroxylation is 1. The molecule has 106 valence electrons. The first-order valence-electron chi connectivity index (χ1n) is 6.12. The zero-order valence-corrected chi connectivity index (χ0v) is 11.8. The Balaban J connectivity index is 2.65. The number of aliphatic hydroxyl groups is 1. The molecule has 1 amide bonds. The molecule has 1 aromatic rings. The summed E-state index contributed by atoms with van der Waals surface area (Å²) in [6, 6.07) is 4.15. The first-order valence-corrected chi connectivity index (χ1v) is 6.12. The standard InChI is InChI=1S/C14H21FN2O2/c1-10-5-11(7-12(15)6-10)13(18)16-8-14(2,19)9-17(3)4/h5-7,19H,8-9H2,1-4H3,(H,16,18). The molecule has 0 spiro atoms. The van der Waals surface area contributed by atoms with E-state index in [1.165, 1.54) is 12.1 Å². The highest BCUT2D eigenvalue weighted by Gasteiger charge is 2.22. The van der Waals surface area contributed by atoms with Crippen LogP contribution in [0.3, 0.4) is 0 Å². The Morgan fingerprint density at radius 3 is 2.58 bits per heavy atom. The van der Waals surface area contributed by atoms with E-state index >= 15 is 0 Å². The van der Waals surface area contributed by atoms with Gasteiger partial charge in [-0.15, -0.1) is 0 Å². The molecule has 0 aliphatic carbocycles. The number of carbonyl (C=O) groups is 1. The van der Waals surface area contributed by atoms with Gasteiger partial charge in [0.05, 0.1) is 5.60 Å². The SMILES string of the molecule is Cc1cc(F)cc(C(=O)NCC(C)(O)CN(C)C)c1. The molecule has 1 unspecified atom stereocenters. The van der Waals surface area contributed by atoms with Crippen molar-refractivity contribution in [2.75, 3.05) is 27.2 Å². The Hall–Kier alpha value is -1.46. The van der Waals surface area contributed by atoms with E-state index in [0.29, 0.717) is 12.1 Å². The lowest BCUT2D eigenvalue weighted by Crippen LogP contribution is -2.47. The van der Waals surface area contributed by atoms with Crippen LogP contribution in [0.1, 0.15) is 22.8 Å². The third kappa shape index (κ3) is 5.36. The summed E-state index contributed by atoms with van der Waals surface area (Å²) >= 11 is 0. The maximum absolute atomic E-state index is 13.2. The van der Waals surface area contributed by atoms with Crippen LogP contribution in [0, 0.1) is 12.7 Å². The number of hydrogen-bond acceptors (Lipinski definition) is 3. The number of nitrogens with one attached hydrogen (secondary N) is 1. The summed E-state index contributed by atoms with van der Waals surface area (Å²) in [5.74, 6) is -0.827. The van der Waals surface area contributed by atoms with Crippen molar-refractivity contribution in [3.8, 4) is 0 Å². The van der Waals surface area contributed by atoms with Crippen LogP contribution in [0.2, 0.25) is 0 Å². The monoisotopic (exact) mass is 268 g/mol. The molecule has 4 nitrogen and oxygen atoms in total. The van der Waals surface area contributed by atoms with Crippen molar-refractivity contribution in [1.29, 1.82) is 0 Å². The molecule has 2 N–H and O–H groups in total. The second kappa shape index (κ2) is 6.12. The van der Waals surface area contributed by atoms with Crippen molar-refractivity contribution in [2.24, 2.45) is 0 Å². The lowest BCUT2D eigenvalue weighted by molar-refractivity contribution is 0.0326. The van der Waals surface area contributed by atoms with Crippen LogP contribution in [0.15, 0.2) is 18.2 Å². The van der Waals surface area contributed by atoms with E-state index in [2.05, 4.69) is 5.32 Å². The second-order valence-electron chi connectivity index (χ2n) is 5.43. The number of amides is 1. The minimum Gasteiger partial charge on any atom is -0.387 e. The van der Waals surface area contributed by atoms with Gasteiger partial charge in [-0.1, -0.05) is 0 Å². The number of hydrogen-bond donors (Lipinski definition) is 2. The molecule has 0 radical (unpaired) electrons. The molecule has 1 aromatic carbocycles. The van der Waals surface area contributed by atoms with Crippen LogP contribution in [0.25, 0.3) is 0 Å². The van der Waals surface area contributed by atoms with Gasteiger partial charge in [0.25, 0.3) is 5.91 Å². The number of halogens is 1. The van der Waals surface area contributed by atoms with Crippen molar-refractivity contribution in [1.82, 2.24) is 10.2 Å². The van der Waals surface area contributed by atoms with Crippen LogP contribution in [-0.4, -0.2) is 48.7 Å². The highest BCUT2D eigenvalue weighted by molar-refractivity contribution is 5.94.